The molecule has 1 saturated carbocycles. The summed E-state index contributed by atoms with van der Waals surface area (Å²) in [6.45, 7) is 3.30. The molecule has 0 heterocycles. The highest BCUT2D eigenvalue weighted by Gasteiger charge is 2.38. The van der Waals surface area contributed by atoms with Crippen LogP contribution in [-0.2, 0) is 9.59 Å². The molecule has 0 atom stereocenters. The van der Waals surface area contributed by atoms with E-state index >= 15 is 0 Å². The molecule has 2 rings (SSSR count). The Hall–Kier alpha value is -1.88. The number of benzene rings is 1. The van der Waals surface area contributed by atoms with Crippen LogP contribution in [0.4, 0.5) is 11.4 Å². The topological polar surface area (TPSA) is 78.4 Å². The molecule has 0 saturated heterocycles. The lowest BCUT2D eigenvalue weighted by Crippen LogP contribution is -2.40. The van der Waals surface area contributed by atoms with Crippen LogP contribution < -0.4 is 10.6 Å². The van der Waals surface area contributed by atoms with Gasteiger partial charge < -0.3 is 15.7 Å². The quantitative estimate of drug-likeness (QED) is 0.792. The Morgan fingerprint density at radius 3 is 2.40 bits per heavy atom. The van der Waals surface area contributed by atoms with Crippen LogP contribution in [0.25, 0.3) is 0 Å². The summed E-state index contributed by atoms with van der Waals surface area (Å²) in [7, 11) is 0. The summed E-state index contributed by atoms with van der Waals surface area (Å²) in [4.78, 5) is 23.1. The maximum absolute atomic E-state index is 12.1. The van der Waals surface area contributed by atoms with Gasteiger partial charge in [-0.3, -0.25) is 9.59 Å². The zero-order valence-corrected chi connectivity index (χ0v) is 11.8. The van der Waals surface area contributed by atoms with Gasteiger partial charge in [0.05, 0.1) is 0 Å². The van der Waals surface area contributed by atoms with Crippen molar-refractivity contribution in [1.82, 2.24) is 0 Å². The zero-order chi connectivity index (χ0) is 14.8. The van der Waals surface area contributed by atoms with Crippen LogP contribution in [0.5, 0.6) is 0 Å². The number of anilines is 2. The predicted octanol–water partition coefficient (Wildman–Crippen LogP) is 2.20. The lowest BCUT2D eigenvalue weighted by Gasteiger charge is -2.21. The van der Waals surface area contributed by atoms with E-state index in [9.17, 15) is 14.7 Å². The minimum Gasteiger partial charge on any atom is -0.380 e. The highest BCUT2D eigenvalue weighted by molar-refractivity contribution is 5.98. The third kappa shape index (κ3) is 3.17. The number of nitrogens with one attached hydrogen (secondary N) is 2. The van der Waals surface area contributed by atoms with Gasteiger partial charge in [0.25, 0.3) is 5.91 Å². The van der Waals surface area contributed by atoms with Gasteiger partial charge >= 0.3 is 0 Å². The molecule has 5 nitrogen and oxygen atoms in total. The van der Waals surface area contributed by atoms with Crippen LogP contribution in [0.15, 0.2) is 18.2 Å². The highest BCUT2D eigenvalue weighted by atomic mass is 16.3. The number of rotatable bonds is 3. The fraction of sp³-hybridized carbons (Fsp3) is 0.467. The van der Waals surface area contributed by atoms with Crippen LogP contribution >= 0.6 is 0 Å². The Labute approximate surface area is 118 Å². The monoisotopic (exact) mass is 276 g/mol. The van der Waals surface area contributed by atoms with E-state index in [-0.39, 0.29) is 11.8 Å². The molecule has 20 heavy (non-hydrogen) atoms. The smallest absolute Gasteiger partial charge is 0.256 e. The van der Waals surface area contributed by atoms with Crippen molar-refractivity contribution in [2.45, 2.75) is 45.1 Å². The molecule has 1 aromatic rings. The molecule has 0 unspecified atom stereocenters. The fourth-order valence-corrected chi connectivity index (χ4v) is 2.51. The molecule has 1 aromatic carbocycles. The second kappa shape index (κ2) is 5.63. The largest absolute Gasteiger partial charge is 0.380 e. The third-order valence-corrected chi connectivity index (χ3v) is 3.65. The second-order valence-corrected chi connectivity index (χ2v) is 5.40. The minimum absolute atomic E-state index is 0.134. The molecule has 1 aliphatic carbocycles. The molecular weight excluding hydrogens is 256 g/mol. The molecule has 108 valence electrons. The Bertz CT molecular complexity index is 534. The van der Waals surface area contributed by atoms with Gasteiger partial charge in [0.15, 0.2) is 0 Å². The Balaban J connectivity index is 2.08. The number of hydrogen-bond donors (Lipinski definition) is 3. The van der Waals surface area contributed by atoms with Crippen LogP contribution in [0, 0.1) is 6.92 Å². The zero-order valence-electron chi connectivity index (χ0n) is 11.8. The van der Waals surface area contributed by atoms with Crippen molar-refractivity contribution in [3.05, 3.63) is 23.8 Å². The van der Waals surface area contributed by atoms with E-state index in [0.29, 0.717) is 18.5 Å². The minimum atomic E-state index is -1.23. The van der Waals surface area contributed by atoms with Gasteiger partial charge in [-0.05, 0) is 56.4 Å². The van der Waals surface area contributed by atoms with Gasteiger partial charge in [-0.2, -0.15) is 0 Å². The van der Waals surface area contributed by atoms with Crippen molar-refractivity contribution in [3.63, 3.8) is 0 Å². The van der Waals surface area contributed by atoms with Crippen molar-refractivity contribution in [2.75, 3.05) is 10.6 Å². The van der Waals surface area contributed by atoms with E-state index in [0.717, 1.165) is 24.1 Å². The standard InChI is InChI=1S/C15H20N2O3/c1-10-9-12(5-6-13(10)16-11(2)18)17-14(19)15(20)7-3-4-8-15/h5-6,9,20H,3-4,7-8H2,1-2H3,(H,16,18)(H,17,19). The van der Waals surface area contributed by atoms with Crippen molar-refractivity contribution in [3.8, 4) is 0 Å². The highest BCUT2D eigenvalue weighted by Crippen LogP contribution is 2.31. The van der Waals surface area contributed by atoms with Crippen LogP contribution in [0.1, 0.15) is 38.2 Å². The van der Waals surface area contributed by atoms with Crippen LogP contribution in [-0.4, -0.2) is 22.5 Å². The van der Waals surface area contributed by atoms with Gasteiger partial charge in [0.1, 0.15) is 5.60 Å². The second-order valence-electron chi connectivity index (χ2n) is 5.40. The summed E-state index contributed by atoms with van der Waals surface area (Å²) in [5.41, 5.74) is 0.970. The Kier molecular flexibility index (Phi) is 4.09. The lowest BCUT2D eigenvalue weighted by molar-refractivity contribution is -0.133. The summed E-state index contributed by atoms with van der Waals surface area (Å²) in [6.07, 6.45) is 2.79. The summed E-state index contributed by atoms with van der Waals surface area (Å²) < 4.78 is 0. The number of hydrogen-bond acceptors (Lipinski definition) is 3. The summed E-state index contributed by atoms with van der Waals surface area (Å²) in [5.74, 6) is -0.480. The molecular formula is C15H20N2O3. The van der Waals surface area contributed by atoms with E-state index in [1.165, 1.54) is 6.92 Å². The molecule has 0 aliphatic heterocycles. The average Bonchev–Trinajstić information content (AvgIpc) is 2.81. The number of carbonyl (C=O) groups is 2. The van der Waals surface area contributed by atoms with E-state index in [1.54, 1.807) is 18.2 Å². The third-order valence-electron chi connectivity index (χ3n) is 3.65. The first-order valence-corrected chi connectivity index (χ1v) is 6.83. The van der Waals surface area contributed by atoms with Gasteiger partial charge in [0, 0.05) is 18.3 Å². The van der Waals surface area contributed by atoms with E-state index in [1.807, 2.05) is 6.92 Å². The molecule has 0 radical (unpaired) electrons. The normalized spacial score (nSPS) is 16.8. The number of aryl methyl sites for hydroxylation is 1. The van der Waals surface area contributed by atoms with E-state index < -0.39 is 5.60 Å². The Morgan fingerprint density at radius 2 is 1.85 bits per heavy atom. The van der Waals surface area contributed by atoms with Crippen molar-refractivity contribution in [2.24, 2.45) is 0 Å². The molecule has 3 N–H and O–H groups in total. The van der Waals surface area contributed by atoms with E-state index in [4.69, 9.17) is 0 Å². The fourth-order valence-electron chi connectivity index (χ4n) is 2.51. The van der Waals surface area contributed by atoms with E-state index in [2.05, 4.69) is 10.6 Å². The van der Waals surface area contributed by atoms with Crippen molar-refractivity contribution < 1.29 is 14.7 Å². The number of aliphatic hydroxyl groups is 1. The number of amides is 2. The molecule has 0 aromatic heterocycles. The van der Waals surface area contributed by atoms with Gasteiger partial charge in [-0.15, -0.1) is 0 Å². The van der Waals surface area contributed by atoms with Crippen LogP contribution in [0.3, 0.4) is 0 Å². The first kappa shape index (κ1) is 14.5. The maximum atomic E-state index is 12.1. The SMILES string of the molecule is CC(=O)Nc1ccc(NC(=O)C2(O)CCCC2)cc1C. The summed E-state index contributed by atoms with van der Waals surface area (Å²) in [5, 5.41) is 15.7. The summed E-state index contributed by atoms with van der Waals surface area (Å²) in [6, 6.07) is 5.24. The Morgan fingerprint density at radius 1 is 1.20 bits per heavy atom. The summed E-state index contributed by atoms with van der Waals surface area (Å²) >= 11 is 0. The first-order valence-electron chi connectivity index (χ1n) is 6.83. The van der Waals surface area contributed by atoms with Gasteiger partial charge in [-0.1, -0.05) is 0 Å². The van der Waals surface area contributed by atoms with Crippen molar-refractivity contribution in [1.29, 1.82) is 0 Å². The van der Waals surface area contributed by atoms with Gasteiger partial charge in [-0.25, -0.2) is 0 Å². The molecule has 1 fully saturated rings. The maximum Gasteiger partial charge on any atom is 0.256 e. The first-order chi connectivity index (χ1) is 9.40. The van der Waals surface area contributed by atoms with Crippen LogP contribution in [0.2, 0.25) is 0 Å². The molecule has 0 spiro atoms. The molecule has 5 heteroatoms. The van der Waals surface area contributed by atoms with Gasteiger partial charge in [0.2, 0.25) is 5.91 Å². The lowest BCUT2D eigenvalue weighted by atomic mass is 10.0. The number of carbonyl (C=O) groups excluding carboxylic acids is 2. The predicted molar refractivity (Wildman–Crippen MR) is 77.5 cm³/mol. The van der Waals surface area contributed by atoms with Crippen molar-refractivity contribution >= 4 is 23.2 Å². The average molecular weight is 276 g/mol. The molecule has 1 aliphatic rings. The molecule has 0 bridgehead atoms. The molecule has 2 amide bonds.